The number of benzene rings is 2. The van der Waals surface area contributed by atoms with Crippen molar-refractivity contribution >= 4 is 17.5 Å². The number of alkyl halides is 3. The van der Waals surface area contributed by atoms with Gasteiger partial charge in [0, 0.05) is 36.8 Å². The van der Waals surface area contributed by atoms with E-state index >= 15 is 0 Å². The molecule has 0 atom stereocenters. The van der Waals surface area contributed by atoms with Gasteiger partial charge in [-0.05, 0) is 47.4 Å². The lowest BCUT2D eigenvalue weighted by molar-refractivity contribution is -0.137. The Balaban J connectivity index is 1.78. The average molecular weight is 345 g/mol. The molecule has 3 N–H and O–H groups in total. The summed E-state index contributed by atoms with van der Waals surface area (Å²) in [4.78, 5) is 2.15. The molecule has 0 saturated carbocycles. The van der Waals surface area contributed by atoms with Crippen LogP contribution in [0.2, 0.25) is 0 Å². The van der Waals surface area contributed by atoms with Crippen LogP contribution in [0, 0.1) is 5.41 Å². The maximum absolute atomic E-state index is 12.6. The Labute approximate surface area is 144 Å². The Hall–Kier alpha value is -2.76. The quantitative estimate of drug-likeness (QED) is 0.815. The minimum Gasteiger partial charge on any atom is -0.404 e. The van der Waals surface area contributed by atoms with Crippen LogP contribution in [0.15, 0.2) is 48.7 Å². The second kappa shape index (κ2) is 6.63. The molecule has 0 aliphatic carbocycles. The van der Waals surface area contributed by atoms with Crippen molar-refractivity contribution < 1.29 is 13.2 Å². The first-order chi connectivity index (χ1) is 11.9. The van der Waals surface area contributed by atoms with E-state index in [9.17, 15) is 13.2 Å². The molecule has 0 aromatic heterocycles. The van der Waals surface area contributed by atoms with Crippen molar-refractivity contribution in [1.82, 2.24) is 0 Å². The molecule has 1 heterocycles. The summed E-state index contributed by atoms with van der Waals surface area (Å²) < 4.78 is 37.9. The molecule has 1 aliphatic rings. The lowest BCUT2D eigenvalue weighted by Crippen LogP contribution is -2.19. The van der Waals surface area contributed by atoms with Gasteiger partial charge in [0.05, 0.1) is 5.56 Å². The van der Waals surface area contributed by atoms with Gasteiger partial charge in [-0.1, -0.05) is 18.2 Å². The highest BCUT2D eigenvalue weighted by molar-refractivity contribution is 6.08. The van der Waals surface area contributed by atoms with Crippen LogP contribution in [-0.4, -0.2) is 12.8 Å². The van der Waals surface area contributed by atoms with E-state index < -0.39 is 11.7 Å². The number of anilines is 1. The average Bonchev–Trinajstić information content (AvgIpc) is 2.98. The summed E-state index contributed by atoms with van der Waals surface area (Å²) in [7, 11) is 0. The Morgan fingerprint density at radius 3 is 2.48 bits per heavy atom. The van der Waals surface area contributed by atoms with Crippen LogP contribution >= 0.6 is 0 Å². The molecule has 3 rings (SSSR count). The number of nitrogens with zero attached hydrogens (tertiary/aromatic N) is 1. The van der Waals surface area contributed by atoms with Gasteiger partial charge in [-0.3, -0.25) is 0 Å². The molecule has 2 aromatic rings. The Morgan fingerprint density at radius 1 is 1.16 bits per heavy atom. The second-order valence-corrected chi connectivity index (χ2v) is 5.98. The van der Waals surface area contributed by atoms with Crippen LogP contribution < -0.4 is 10.6 Å². The maximum Gasteiger partial charge on any atom is 0.416 e. The first-order valence-corrected chi connectivity index (χ1v) is 7.89. The van der Waals surface area contributed by atoms with E-state index in [1.165, 1.54) is 24.5 Å². The fraction of sp³-hybridized carbons (Fsp3) is 0.211. The van der Waals surface area contributed by atoms with Crippen molar-refractivity contribution in [2.75, 3.05) is 11.4 Å². The van der Waals surface area contributed by atoms with E-state index in [2.05, 4.69) is 4.90 Å². The molecule has 3 nitrogen and oxygen atoms in total. The molecule has 6 heteroatoms. The van der Waals surface area contributed by atoms with Crippen molar-refractivity contribution in [2.45, 2.75) is 19.1 Å². The van der Waals surface area contributed by atoms with Crippen molar-refractivity contribution in [3.8, 4) is 0 Å². The largest absolute Gasteiger partial charge is 0.416 e. The Morgan fingerprint density at radius 2 is 1.88 bits per heavy atom. The number of hydrogen-bond acceptors (Lipinski definition) is 3. The van der Waals surface area contributed by atoms with Crippen LogP contribution in [0.1, 0.15) is 22.3 Å². The van der Waals surface area contributed by atoms with Gasteiger partial charge < -0.3 is 16.0 Å². The smallest absolute Gasteiger partial charge is 0.404 e. The summed E-state index contributed by atoms with van der Waals surface area (Å²) in [6.45, 7) is 1.38. The van der Waals surface area contributed by atoms with Crippen LogP contribution in [0.25, 0.3) is 5.57 Å². The molecule has 2 aromatic carbocycles. The minimum atomic E-state index is -4.31. The number of fused-ring (bicyclic) bond motifs is 1. The zero-order valence-corrected chi connectivity index (χ0v) is 13.5. The summed E-state index contributed by atoms with van der Waals surface area (Å²) in [6, 6.07) is 11.2. The SMILES string of the molecule is N=C/C(=C\N)c1ccc2c(c1)CCN2Cc1ccc(C(F)(F)F)cc1. The van der Waals surface area contributed by atoms with E-state index in [0.29, 0.717) is 12.1 Å². The second-order valence-electron chi connectivity index (χ2n) is 5.98. The fourth-order valence-corrected chi connectivity index (χ4v) is 3.06. The number of hydrogen-bond donors (Lipinski definition) is 2. The van der Waals surface area contributed by atoms with Crippen LogP contribution in [0.5, 0.6) is 0 Å². The highest BCUT2D eigenvalue weighted by Gasteiger charge is 2.30. The third-order valence-electron chi connectivity index (χ3n) is 4.39. The highest BCUT2D eigenvalue weighted by atomic mass is 19.4. The van der Waals surface area contributed by atoms with E-state index in [1.807, 2.05) is 18.2 Å². The molecule has 0 fully saturated rings. The zero-order valence-electron chi connectivity index (χ0n) is 13.5. The van der Waals surface area contributed by atoms with Crippen LogP contribution in [-0.2, 0) is 19.1 Å². The van der Waals surface area contributed by atoms with Gasteiger partial charge in [0.15, 0.2) is 0 Å². The number of rotatable bonds is 4. The predicted octanol–water partition coefficient (Wildman–Crippen LogP) is 4.22. The fourth-order valence-electron chi connectivity index (χ4n) is 3.06. The standard InChI is InChI=1S/C19H18F3N3/c20-19(21,22)17-4-1-13(2-5-17)12-25-8-7-15-9-14(3-6-18(15)25)16(10-23)11-24/h1-6,9-11,23H,7-8,12,24H2/b16-11+,23-10?. The molecule has 130 valence electrons. The monoisotopic (exact) mass is 345 g/mol. The van der Waals surface area contributed by atoms with Crippen molar-refractivity contribution in [3.63, 3.8) is 0 Å². The van der Waals surface area contributed by atoms with Gasteiger partial charge in [-0.2, -0.15) is 13.2 Å². The third-order valence-corrected chi connectivity index (χ3v) is 4.39. The summed E-state index contributed by atoms with van der Waals surface area (Å²) in [5.41, 5.74) is 9.52. The van der Waals surface area contributed by atoms with Crippen molar-refractivity contribution in [1.29, 1.82) is 5.41 Å². The summed E-state index contributed by atoms with van der Waals surface area (Å²) >= 11 is 0. The van der Waals surface area contributed by atoms with E-state index in [4.69, 9.17) is 11.1 Å². The number of halogens is 3. The van der Waals surface area contributed by atoms with E-state index in [0.717, 1.165) is 47.5 Å². The Kier molecular flexibility index (Phi) is 4.53. The Bertz CT molecular complexity index is 808. The van der Waals surface area contributed by atoms with Crippen LogP contribution in [0.3, 0.4) is 0 Å². The van der Waals surface area contributed by atoms with Gasteiger partial charge in [0.25, 0.3) is 0 Å². The lowest BCUT2D eigenvalue weighted by atomic mass is 10.0. The molecule has 0 radical (unpaired) electrons. The van der Waals surface area contributed by atoms with E-state index in [-0.39, 0.29) is 0 Å². The number of allylic oxidation sites excluding steroid dienone is 1. The molecule has 0 unspecified atom stereocenters. The summed E-state index contributed by atoms with van der Waals surface area (Å²) in [5.74, 6) is 0. The molecule has 0 amide bonds. The lowest BCUT2D eigenvalue weighted by Gasteiger charge is -2.20. The number of nitrogens with one attached hydrogen (secondary N) is 1. The van der Waals surface area contributed by atoms with Crippen LogP contribution in [0.4, 0.5) is 18.9 Å². The molecule has 0 spiro atoms. The van der Waals surface area contributed by atoms with Crippen molar-refractivity contribution in [3.05, 3.63) is 70.9 Å². The molecule has 1 aliphatic heterocycles. The van der Waals surface area contributed by atoms with Gasteiger partial charge in [0.2, 0.25) is 0 Å². The topological polar surface area (TPSA) is 53.1 Å². The van der Waals surface area contributed by atoms with Gasteiger partial charge >= 0.3 is 6.18 Å². The molecule has 0 bridgehead atoms. The molecular weight excluding hydrogens is 327 g/mol. The van der Waals surface area contributed by atoms with Gasteiger partial charge in [0.1, 0.15) is 0 Å². The van der Waals surface area contributed by atoms with Gasteiger partial charge in [-0.25, -0.2) is 0 Å². The number of nitrogens with two attached hydrogens (primary N) is 1. The summed E-state index contributed by atoms with van der Waals surface area (Å²) in [6.07, 6.45) is -0.821. The third kappa shape index (κ3) is 3.52. The maximum atomic E-state index is 12.6. The summed E-state index contributed by atoms with van der Waals surface area (Å²) in [5, 5.41) is 7.38. The molecule has 25 heavy (non-hydrogen) atoms. The van der Waals surface area contributed by atoms with Gasteiger partial charge in [-0.15, -0.1) is 0 Å². The highest BCUT2D eigenvalue weighted by Crippen LogP contribution is 2.33. The minimum absolute atomic E-state index is 0.564. The zero-order chi connectivity index (χ0) is 18.0. The first kappa shape index (κ1) is 17.1. The molecular formula is C19H18F3N3. The van der Waals surface area contributed by atoms with Crippen molar-refractivity contribution in [2.24, 2.45) is 5.73 Å². The first-order valence-electron chi connectivity index (χ1n) is 7.89. The normalized spacial score (nSPS) is 14.5. The predicted molar refractivity (Wildman–Crippen MR) is 93.6 cm³/mol. The van der Waals surface area contributed by atoms with E-state index in [1.54, 1.807) is 0 Å². The molecule has 0 saturated heterocycles.